The molecule has 0 saturated heterocycles. The van der Waals surface area contributed by atoms with Gasteiger partial charge in [0.15, 0.2) is 6.10 Å². The van der Waals surface area contributed by atoms with Gasteiger partial charge in [-0.25, -0.2) is 4.57 Å². The molecule has 3 unspecified atom stereocenters. The van der Waals surface area contributed by atoms with E-state index in [0.717, 1.165) is 109 Å². The monoisotopic (exact) mass is 977 g/mol. The number of unbranched alkanes of at least 4 members (excludes halogenated alkanes) is 20. The maximum absolute atomic E-state index is 12.8. The summed E-state index contributed by atoms with van der Waals surface area (Å²) < 4.78 is 39.3. The lowest BCUT2D eigenvalue weighted by Gasteiger charge is -2.21. The summed E-state index contributed by atoms with van der Waals surface area (Å²) in [5, 5.41) is 9.75. The van der Waals surface area contributed by atoms with E-state index >= 15 is 0 Å². The number of esters is 3. The van der Waals surface area contributed by atoms with Crippen LogP contribution >= 0.6 is 7.82 Å². The number of carbonyl (C=O) groups is 3. The fourth-order valence-electron chi connectivity index (χ4n) is 7.02. The first-order valence-corrected chi connectivity index (χ1v) is 28.3. The average molecular weight is 977 g/mol. The van der Waals surface area contributed by atoms with Gasteiger partial charge in [0.25, 0.3) is 0 Å². The first kappa shape index (κ1) is 64.9. The molecule has 0 heterocycles. The predicted octanol–water partition coefficient (Wildman–Crippen LogP) is 15.4. The molecule has 0 saturated carbocycles. The maximum atomic E-state index is 12.8. The fraction of sp³-hybridized carbons (Fsp3) is 0.732. The SMILES string of the molecule is CC/C=C\C/C=C\C/C=C\C/C=C\C/C=C\CCCCCC(=O)OCC(COP(=O)(O)OCC(CO)OC(=O)CCCCCCCCCCC)OC(=O)CCCCCCC/C=C\CCCCCC. The normalized spacial score (nSPS) is 14.0. The van der Waals surface area contributed by atoms with Crippen molar-refractivity contribution >= 4 is 25.7 Å². The van der Waals surface area contributed by atoms with Crippen LogP contribution in [0.25, 0.3) is 0 Å². The van der Waals surface area contributed by atoms with Crippen molar-refractivity contribution in [1.29, 1.82) is 0 Å². The van der Waals surface area contributed by atoms with Crippen molar-refractivity contribution in [3.05, 3.63) is 72.9 Å². The summed E-state index contributed by atoms with van der Waals surface area (Å²) in [4.78, 5) is 48.3. The van der Waals surface area contributed by atoms with Crippen LogP contribution in [0.3, 0.4) is 0 Å². The van der Waals surface area contributed by atoms with Crippen LogP contribution in [-0.4, -0.2) is 66.5 Å². The number of carbonyl (C=O) groups excluding carboxylic acids is 3. The Kier molecular flexibility index (Phi) is 48.0. The van der Waals surface area contributed by atoms with Gasteiger partial charge in [-0.15, -0.1) is 0 Å². The predicted molar refractivity (Wildman–Crippen MR) is 279 cm³/mol. The molecule has 392 valence electrons. The van der Waals surface area contributed by atoms with E-state index < -0.39 is 57.8 Å². The number of hydrogen-bond acceptors (Lipinski definition) is 10. The Bertz CT molecular complexity index is 1420. The highest BCUT2D eigenvalue weighted by Gasteiger charge is 2.28. The third-order valence-electron chi connectivity index (χ3n) is 11.1. The van der Waals surface area contributed by atoms with E-state index in [1.807, 2.05) is 0 Å². The van der Waals surface area contributed by atoms with Gasteiger partial charge in [-0.3, -0.25) is 23.4 Å². The standard InChI is InChI=1S/C56H97O11P/c1-4-7-10-13-16-19-21-23-24-25-26-27-28-30-31-34-36-39-42-45-54(58)63-49-53(67-56(60)47-44-41-38-35-32-29-22-20-17-14-11-8-5-2)51-65-68(61,62)64-50-52(48-57)66-55(59)46-43-40-37-33-18-15-12-9-6-3/h7,10,16,19-20,22-24,26-27,30-31,52-53,57H,4-6,8-9,11-15,17-18,21,25,28-29,32-51H2,1-3H3,(H,61,62)/b10-7-,19-16-,22-20-,24-23-,27-26-,31-30-. The number of aliphatic hydroxyl groups excluding tert-OH is 1. The number of phosphoric ester groups is 1. The van der Waals surface area contributed by atoms with E-state index in [0.29, 0.717) is 19.3 Å². The summed E-state index contributed by atoms with van der Waals surface area (Å²) in [6.07, 6.45) is 54.5. The molecule has 2 N–H and O–H groups in total. The molecule has 0 aliphatic heterocycles. The number of allylic oxidation sites excluding steroid dienone is 12. The summed E-state index contributed by atoms with van der Waals surface area (Å²) in [5.41, 5.74) is 0. The molecule has 0 aromatic carbocycles. The maximum Gasteiger partial charge on any atom is 0.472 e. The minimum atomic E-state index is -4.75. The minimum absolute atomic E-state index is 0.149. The Morgan fingerprint density at radius 2 is 0.765 bits per heavy atom. The quantitative estimate of drug-likeness (QED) is 0.0197. The van der Waals surface area contributed by atoms with E-state index in [4.69, 9.17) is 23.3 Å². The Hall–Kier alpha value is -3.08. The van der Waals surface area contributed by atoms with Gasteiger partial charge in [0.1, 0.15) is 12.7 Å². The number of aliphatic hydroxyl groups is 1. The minimum Gasteiger partial charge on any atom is -0.462 e. The zero-order valence-corrected chi connectivity index (χ0v) is 43.9. The third kappa shape index (κ3) is 48.0. The molecule has 0 aliphatic rings. The number of ether oxygens (including phenoxy) is 3. The van der Waals surface area contributed by atoms with E-state index in [1.54, 1.807) is 0 Å². The molecule has 0 rings (SSSR count). The number of rotatable bonds is 49. The topological polar surface area (TPSA) is 155 Å². The molecule has 0 radical (unpaired) electrons. The molecule has 3 atom stereocenters. The fourth-order valence-corrected chi connectivity index (χ4v) is 7.81. The molecular weight excluding hydrogens is 880 g/mol. The van der Waals surface area contributed by atoms with Gasteiger partial charge in [-0.1, -0.05) is 190 Å². The molecular formula is C56H97O11P. The van der Waals surface area contributed by atoms with Crippen molar-refractivity contribution in [2.75, 3.05) is 26.4 Å². The Balaban J connectivity index is 4.79. The second-order valence-electron chi connectivity index (χ2n) is 17.7. The summed E-state index contributed by atoms with van der Waals surface area (Å²) in [7, 11) is -4.75. The molecule has 0 bridgehead atoms. The van der Waals surface area contributed by atoms with Crippen molar-refractivity contribution in [1.82, 2.24) is 0 Å². The third-order valence-corrected chi connectivity index (χ3v) is 12.1. The number of hydrogen-bond donors (Lipinski definition) is 2. The summed E-state index contributed by atoms with van der Waals surface area (Å²) in [6.45, 7) is 4.43. The summed E-state index contributed by atoms with van der Waals surface area (Å²) >= 11 is 0. The van der Waals surface area contributed by atoms with Crippen LogP contribution in [0.15, 0.2) is 72.9 Å². The van der Waals surface area contributed by atoms with E-state index in [9.17, 15) is 28.9 Å². The van der Waals surface area contributed by atoms with Crippen molar-refractivity contribution < 1.29 is 52.2 Å². The van der Waals surface area contributed by atoms with Crippen LogP contribution in [-0.2, 0) is 42.2 Å². The Morgan fingerprint density at radius 3 is 1.22 bits per heavy atom. The van der Waals surface area contributed by atoms with Crippen molar-refractivity contribution in [2.45, 2.75) is 238 Å². The van der Waals surface area contributed by atoms with Crippen LogP contribution in [0.2, 0.25) is 0 Å². The lowest BCUT2D eigenvalue weighted by atomic mass is 10.1. The smallest absolute Gasteiger partial charge is 0.462 e. The van der Waals surface area contributed by atoms with Gasteiger partial charge in [0.2, 0.25) is 0 Å². The Labute approximate surface area is 414 Å². The van der Waals surface area contributed by atoms with Gasteiger partial charge in [0.05, 0.1) is 19.8 Å². The van der Waals surface area contributed by atoms with Crippen LogP contribution in [0.5, 0.6) is 0 Å². The first-order valence-electron chi connectivity index (χ1n) is 26.8. The zero-order chi connectivity index (χ0) is 49.9. The second kappa shape index (κ2) is 50.3. The largest absolute Gasteiger partial charge is 0.472 e. The van der Waals surface area contributed by atoms with Crippen LogP contribution < -0.4 is 0 Å². The average Bonchev–Trinajstić information content (AvgIpc) is 3.32. The van der Waals surface area contributed by atoms with E-state index in [2.05, 4.69) is 93.7 Å². The van der Waals surface area contributed by atoms with Gasteiger partial charge < -0.3 is 24.2 Å². The van der Waals surface area contributed by atoms with Gasteiger partial charge >= 0.3 is 25.7 Å². The van der Waals surface area contributed by atoms with Gasteiger partial charge in [-0.2, -0.15) is 0 Å². The van der Waals surface area contributed by atoms with E-state index in [1.165, 1.54) is 57.8 Å². The van der Waals surface area contributed by atoms with Gasteiger partial charge in [-0.05, 0) is 89.9 Å². The molecule has 68 heavy (non-hydrogen) atoms. The first-order chi connectivity index (χ1) is 33.2. The molecule has 11 nitrogen and oxygen atoms in total. The van der Waals surface area contributed by atoms with Crippen LogP contribution in [0.1, 0.15) is 226 Å². The zero-order valence-electron chi connectivity index (χ0n) is 43.1. The van der Waals surface area contributed by atoms with Crippen molar-refractivity contribution in [2.24, 2.45) is 0 Å². The Morgan fingerprint density at radius 1 is 0.426 bits per heavy atom. The van der Waals surface area contributed by atoms with Crippen LogP contribution in [0.4, 0.5) is 0 Å². The lowest BCUT2D eigenvalue weighted by Crippen LogP contribution is -2.30. The molecule has 0 aromatic heterocycles. The van der Waals surface area contributed by atoms with E-state index in [-0.39, 0.29) is 25.9 Å². The van der Waals surface area contributed by atoms with Gasteiger partial charge in [0, 0.05) is 19.3 Å². The molecule has 0 amide bonds. The highest BCUT2D eigenvalue weighted by atomic mass is 31.2. The lowest BCUT2D eigenvalue weighted by molar-refractivity contribution is -0.161. The second-order valence-corrected chi connectivity index (χ2v) is 19.1. The summed E-state index contributed by atoms with van der Waals surface area (Å²) in [6, 6.07) is 0. The molecule has 0 aliphatic carbocycles. The van der Waals surface area contributed by atoms with Crippen LogP contribution in [0, 0.1) is 0 Å². The highest BCUT2D eigenvalue weighted by molar-refractivity contribution is 7.47. The van der Waals surface area contributed by atoms with Crippen molar-refractivity contribution in [3.63, 3.8) is 0 Å². The molecule has 0 spiro atoms. The molecule has 0 aromatic rings. The molecule has 12 heteroatoms. The number of phosphoric acid groups is 1. The van der Waals surface area contributed by atoms with Crippen molar-refractivity contribution in [3.8, 4) is 0 Å². The highest BCUT2D eigenvalue weighted by Crippen LogP contribution is 2.43. The summed E-state index contributed by atoms with van der Waals surface area (Å²) in [5.74, 6) is -1.52. The molecule has 0 fully saturated rings.